The monoisotopic (exact) mass is 216 g/mol. The Morgan fingerprint density at radius 1 is 1.40 bits per heavy atom. The molecule has 1 saturated carbocycles. The first-order chi connectivity index (χ1) is 6.93. The molecule has 0 radical (unpaired) electrons. The van der Waals surface area contributed by atoms with Crippen LogP contribution >= 0.6 is 0 Å². The van der Waals surface area contributed by atoms with Gasteiger partial charge in [-0.05, 0) is 6.42 Å². The largest absolute Gasteiger partial charge is 0.481 e. The second-order valence-electron chi connectivity index (χ2n) is 3.45. The van der Waals surface area contributed by atoms with Crippen LogP contribution in [0.5, 0.6) is 0 Å². The maximum atomic E-state index is 11.2. The molecule has 7 heteroatoms. The Labute approximate surface area is 85.3 Å². The summed E-state index contributed by atoms with van der Waals surface area (Å²) in [7, 11) is 0. The summed E-state index contributed by atoms with van der Waals surface area (Å²) in [5, 5.41) is 19.7. The van der Waals surface area contributed by atoms with Gasteiger partial charge in [-0.25, -0.2) is 0 Å². The minimum absolute atomic E-state index is 0.281. The average Bonchev–Trinajstić information content (AvgIpc) is 2.92. The van der Waals surface area contributed by atoms with Crippen molar-refractivity contribution < 1.29 is 24.6 Å². The Kier molecular flexibility index (Phi) is 3.25. The number of nitrogens with two attached hydrogens (primary N) is 1. The van der Waals surface area contributed by atoms with Crippen molar-refractivity contribution in [3.63, 3.8) is 0 Å². The molecule has 0 heterocycles. The summed E-state index contributed by atoms with van der Waals surface area (Å²) in [6, 6.07) is 0. The van der Waals surface area contributed by atoms with E-state index in [2.05, 4.69) is 5.32 Å². The molecule has 5 N–H and O–H groups in total. The molecule has 84 valence electrons. The minimum atomic E-state index is -1.43. The van der Waals surface area contributed by atoms with Crippen LogP contribution in [0.4, 0.5) is 0 Å². The highest BCUT2D eigenvalue weighted by Crippen LogP contribution is 2.38. The van der Waals surface area contributed by atoms with Crippen molar-refractivity contribution in [2.75, 3.05) is 6.54 Å². The second kappa shape index (κ2) is 4.26. The number of aliphatic hydroxyl groups is 1. The van der Waals surface area contributed by atoms with E-state index in [4.69, 9.17) is 15.9 Å². The fourth-order valence-electron chi connectivity index (χ4n) is 1.19. The van der Waals surface area contributed by atoms with Crippen LogP contribution in [-0.4, -0.2) is 40.6 Å². The number of primary amides is 1. The quantitative estimate of drug-likeness (QED) is 0.409. The molecular weight excluding hydrogens is 204 g/mol. The van der Waals surface area contributed by atoms with E-state index in [1.807, 2.05) is 0 Å². The smallest absolute Gasteiger partial charge is 0.307 e. The number of aliphatic carboxylic acids is 1. The lowest BCUT2D eigenvalue weighted by Gasteiger charge is -2.07. The maximum Gasteiger partial charge on any atom is 0.307 e. The number of hydrogen-bond acceptors (Lipinski definition) is 4. The third kappa shape index (κ3) is 2.91. The molecule has 0 aromatic rings. The molecule has 0 spiro atoms. The zero-order valence-electron chi connectivity index (χ0n) is 7.84. The molecule has 15 heavy (non-hydrogen) atoms. The number of rotatable bonds is 5. The molecule has 1 rings (SSSR count). The number of carbonyl (C=O) groups excluding carboxylic acids is 2. The van der Waals surface area contributed by atoms with Crippen molar-refractivity contribution in [2.24, 2.45) is 17.6 Å². The van der Waals surface area contributed by atoms with Crippen LogP contribution < -0.4 is 11.1 Å². The summed E-state index contributed by atoms with van der Waals surface area (Å²) in [4.78, 5) is 32.0. The van der Waals surface area contributed by atoms with Gasteiger partial charge in [0.1, 0.15) is 6.10 Å². The van der Waals surface area contributed by atoms with Gasteiger partial charge >= 0.3 is 5.97 Å². The Balaban J connectivity index is 2.27. The number of aliphatic hydroxyl groups excluding tert-OH is 1. The average molecular weight is 216 g/mol. The highest BCUT2D eigenvalue weighted by atomic mass is 16.4. The maximum absolute atomic E-state index is 11.2. The van der Waals surface area contributed by atoms with Gasteiger partial charge in [-0.15, -0.1) is 0 Å². The van der Waals surface area contributed by atoms with E-state index in [9.17, 15) is 14.4 Å². The number of carboxylic acid groups (broad SMARTS) is 1. The van der Waals surface area contributed by atoms with Gasteiger partial charge in [-0.2, -0.15) is 0 Å². The lowest BCUT2D eigenvalue weighted by molar-refractivity contribution is -0.140. The Morgan fingerprint density at radius 3 is 2.40 bits per heavy atom. The highest BCUT2D eigenvalue weighted by molar-refractivity contribution is 5.89. The van der Waals surface area contributed by atoms with Gasteiger partial charge in [-0.1, -0.05) is 0 Å². The predicted molar refractivity (Wildman–Crippen MR) is 47.4 cm³/mol. The van der Waals surface area contributed by atoms with E-state index in [0.717, 1.165) is 0 Å². The van der Waals surface area contributed by atoms with Crippen LogP contribution in [0.25, 0.3) is 0 Å². The van der Waals surface area contributed by atoms with Crippen molar-refractivity contribution >= 4 is 17.8 Å². The molecule has 0 saturated heterocycles. The zero-order valence-corrected chi connectivity index (χ0v) is 7.84. The van der Waals surface area contributed by atoms with Gasteiger partial charge in [0.2, 0.25) is 11.8 Å². The van der Waals surface area contributed by atoms with Gasteiger partial charge < -0.3 is 21.3 Å². The molecule has 7 nitrogen and oxygen atoms in total. The highest BCUT2D eigenvalue weighted by Gasteiger charge is 2.48. The standard InChI is InChI=1S/C8H12N2O5/c9-6(12)5(11)2-10-7(13)3-1-4(3)8(14)15/h3-5,11H,1-2H2,(H2,9,12)(H,10,13)(H,14,15). The molecular formula is C8H12N2O5. The van der Waals surface area contributed by atoms with E-state index >= 15 is 0 Å². The summed E-state index contributed by atoms with van der Waals surface area (Å²) >= 11 is 0. The molecule has 3 atom stereocenters. The number of hydrogen-bond donors (Lipinski definition) is 4. The van der Waals surface area contributed by atoms with E-state index < -0.39 is 35.7 Å². The molecule has 1 fully saturated rings. The summed E-state index contributed by atoms with van der Waals surface area (Å²) in [6.07, 6.45) is -1.13. The van der Waals surface area contributed by atoms with Gasteiger partial charge in [-0.3, -0.25) is 14.4 Å². The molecule has 3 unspecified atom stereocenters. The van der Waals surface area contributed by atoms with Gasteiger partial charge in [0.25, 0.3) is 0 Å². The van der Waals surface area contributed by atoms with Crippen LogP contribution in [-0.2, 0) is 14.4 Å². The van der Waals surface area contributed by atoms with E-state index in [1.165, 1.54) is 0 Å². The zero-order chi connectivity index (χ0) is 11.6. The van der Waals surface area contributed by atoms with Crippen LogP contribution in [0.2, 0.25) is 0 Å². The van der Waals surface area contributed by atoms with Crippen LogP contribution in [0.3, 0.4) is 0 Å². The molecule has 1 aliphatic carbocycles. The SMILES string of the molecule is NC(=O)C(O)CNC(=O)C1CC1C(=O)O. The first-order valence-electron chi connectivity index (χ1n) is 4.41. The molecule has 0 bridgehead atoms. The normalized spacial score (nSPS) is 25.4. The minimum Gasteiger partial charge on any atom is -0.481 e. The lowest BCUT2D eigenvalue weighted by atomic mass is 10.3. The summed E-state index contributed by atoms with van der Waals surface area (Å²) in [6.45, 7) is -0.281. The van der Waals surface area contributed by atoms with Crippen molar-refractivity contribution in [3.05, 3.63) is 0 Å². The molecule has 0 aromatic heterocycles. The molecule has 1 aliphatic rings. The van der Waals surface area contributed by atoms with Gasteiger partial charge in [0.05, 0.1) is 18.4 Å². The third-order valence-electron chi connectivity index (χ3n) is 2.24. The Morgan fingerprint density at radius 2 is 2.00 bits per heavy atom. The van der Waals surface area contributed by atoms with Crippen molar-refractivity contribution in [1.29, 1.82) is 0 Å². The summed E-state index contributed by atoms with van der Waals surface area (Å²) in [5.41, 5.74) is 4.76. The third-order valence-corrected chi connectivity index (χ3v) is 2.24. The molecule has 0 aliphatic heterocycles. The summed E-state index contributed by atoms with van der Waals surface area (Å²) in [5.74, 6) is -3.60. The van der Waals surface area contributed by atoms with Gasteiger partial charge in [0, 0.05) is 0 Å². The number of carbonyl (C=O) groups is 3. The van der Waals surface area contributed by atoms with Crippen LogP contribution in [0.15, 0.2) is 0 Å². The Hall–Kier alpha value is -1.63. The number of amides is 2. The van der Waals surface area contributed by atoms with E-state index in [1.54, 1.807) is 0 Å². The topological polar surface area (TPSA) is 130 Å². The predicted octanol–water partition coefficient (Wildman–Crippen LogP) is -2.33. The number of nitrogens with one attached hydrogen (secondary N) is 1. The van der Waals surface area contributed by atoms with Gasteiger partial charge in [0.15, 0.2) is 0 Å². The second-order valence-corrected chi connectivity index (χ2v) is 3.45. The fraction of sp³-hybridized carbons (Fsp3) is 0.625. The fourth-order valence-corrected chi connectivity index (χ4v) is 1.19. The van der Waals surface area contributed by atoms with E-state index in [-0.39, 0.29) is 6.54 Å². The first-order valence-corrected chi connectivity index (χ1v) is 4.41. The van der Waals surface area contributed by atoms with E-state index in [0.29, 0.717) is 6.42 Å². The Bertz CT molecular complexity index is 303. The van der Waals surface area contributed by atoms with Crippen LogP contribution in [0.1, 0.15) is 6.42 Å². The van der Waals surface area contributed by atoms with Crippen molar-refractivity contribution in [3.8, 4) is 0 Å². The van der Waals surface area contributed by atoms with Crippen molar-refractivity contribution in [2.45, 2.75) is 12.5 Å². The van der Waals surface area contributed by atoms with Crippen molar-refractivity contribution in [1.82, 2.24) is 5.32 Å². The van der Waals surface area contributed by atoms with Crippen LogP contribution in [0, 0.1) is 11.8 Å². The first kappa shape index (κ1) is 11.4. The molecule has 2 amide bonds. The molecule has 0 aromatic carbocycles. The number of carboxylic acids is 1. The lowest BCUT2D eigenvalue weighted by Crippen LogP contribution is -2.40. The summed E-state index contributed by atoms with van der Waals surface area (Å²) < 4.78 is 0.